The van der Waals surface area contributed by atoms with Gasteiger partial charge in [-0.25, -0.2) is 4.39 Å². The molecule has 1 saturated heterocycles. The number of ether oxygens (including phenoxy) is 3. The molecule has 1 heterocycles. The summed E-state index contributed by atoms with van der Waals surface area (Å²) in [6, 6.07) is 10.3. The quantitative estimate of drug-likeness (QED) is 0.597. The van der Waals surface area contributed by atoms with Crippen molar-refractivity contribution in [2.24, 2.45) is 0 Å². The summed E-state index contributed by atoms with van der Waals surface area (Å²) in [5, 5.41) is 0. The van der Waals surface area contributed by atoms with Crippen LogP contribution in [0.4, 0.5) is 4.39 Å². The van der Waals surface area contributed by atoms with Crippen molar-refractivity contribution in [1.29, 1.82) is 0 Å². The molecule has 0 unspecified atom stereocenters. The lowest BCUT2D eigenvalue weighted by Gasteiger charge is -2.29. The first-order valence-electron chi connectivity index (χ1n) is 8.79. The van der Waals surface area contributed by atoms with Crippen LogP contribution in [0.25, 0.3) is 0 Å². The van der Waals surface area contributed by atoms with Crippen molar-refractivity contribution in [2.45, 2.75) is 13.5 Å². The molecule has 0 amide bonds. The number of hydrogen-bond donors (Lipinski definition) is 0. The highest BCUT2D eigenvalue weighted by Crippen LogP contribution is 2.38. The third-order valence-corrected chi connectivity index (χ3v) is 5.27. The highest BCUT2D eigenvalue weighted by Gasteiger charge is 2.19. The zero-order valence-electron chi connectivity index (χ0n) is 15.0. The van der Waals surface area contributed by atoms with Crippen molar-refractivity contribution in [2.75, 3.05) is 32.9 Å². The monoisotopic (exact) mass is 453 g/mol. The number of halogens is 2. The van der Waals surface area contributed by atoms with Crippen molar-refractivity contribution in [1.82, 2.24) is 4.90 Å². The highest BCUT2D eigenvalue weighted by molar-refractivity contribution is 9.10. The maximum Gasteiger partial charge on any atom is 0.175 e. The van der Waals surface area contributed by atoms with Crippen LogP contribution in [-0.4, -0.2) is 42.8 Å². The van der Waals surface area contributed by atoms with E-state index in [1.165, 1.54) is 6.07 Å². The molecule has 0 aliphatic carbocycles. The lowest BCUT2D eigenvalue weighted by Crippen LogP contribution is -2.40. The predicted octanol–water partition coefficient (Wildman–Crippen LogP) is 4.57. The van der Waals surface area contributed by atoms with Crippen LogP contribution >= 0.6 is 28.1 Å². The van der Waals surface area contributed by atoms with Gasteiger partial charge in [-0.15, -0.1) is 0 Å². The number of thiocarbonyl (C=S) groups is 1. The van der Waals surface area contributed by atoms with E-state index in [2.05, 4.69) is 20.8 Å². The van der Waals surface area contributed by atoms with Gasteiger partial charge in [0.15, 0.2) is 11.5 Å². The molecular formula is C20H21BrFNO3S. The molecular weight excluding hydrogens is 433 g/mol. The molecule has 0 aromatic heterocycles. The lowest BCUT2D eigenvalue weighted by atomic mass is 10.1. The Labute approximate surface area is 172 Å². The number of nitrogens with zero attached hydrogens (tertiary/aromatic N) is 1. The number of rotatable bonds is 6. The molecule has 2 aromatic rings. The minimum atomic E-state index is -0.295. The molecule has 0 atom stereocenters. The van der Waals surface area contributed by atoms with Crippen LogP contribution in [0.2, 0.25) is 0 Å². The lowest BCUT2D eigenvalue weighted by molar-refractivity contribution is 0.0693. The molecule has 4 nitrogen and oxygen atoms in total. The van der Waals surface area contributed by atoms with E-state index in [0.717, 1.165) is 28.1 Å². The van der Waals surface area contributed by atoms with E-state index in [9.17, 15) is 4.39 Å². The molecule has 0 spiro atoms. The van der Waals surface area contributed by atoms with Gasteiger partial charge in [-0.2, -0.15) is 0 Å². The number of morpholine rings is 1. The summed E-state index contributed by atoms with van der Waals surface area (Å²) in [6.45, 7) is 5.38. The van der Waals surface area contributed by atoms with E-state index in [1.54, 1.807) is 18.2 Å². The molecule has 0 saturated carbocycles. The molecule has 0 radical (unpaired) electrons. The number of hydrogen-bond acceptors (Lipinski definition) is 4. The van der Waals surface area contributed by atoms with Crippen LogP contribution in [0, 0.1) is 5.82 Å². The highest BCUT2D eigenvalue weighted by atomic mass is 79.9. The average Bonchev–Trinajstić information content (AvgIpc) is 2.68. The molecule has 144 valence electrons. The van der Waals surface area contributed by atoms with Gasteiger partial charge in [-0.1, -0.05) is 30.4 Å². The molecule has 0 bridgehead atoms. The SMILES string of the molecule is CCOc1cc(C(=S)N2CCOCC2)cc(Br)c1OCc1ccccc1F. The second-order valence-electron chi connectivity index (χ2n) is 6.00. The summed E-state index contributed by atoms with van der Waals surface area (Å²) >= 11 is 9.20. The standard InChI is InChI=1S/C20H21BrFNO3S/c1-2-25-18-12-15(20(27)23-7-9-24-10-8-23)11-16(21)19(18)26-13-14-5-3-4-6-17(14)22/h3-6,11-12H,2,7-10,13H2,1H3. The molecule has 1 aliphatic rings. The molecule has 3 rings (SSSR count). The summed E-state index contributed by atoms with van der Waals surface area (Å²) < 4.78 is 31.6. The normalized spacial score (nSPS) is 14.1. The largest absolute Gasteiger partial charge is 0.490 e. The molecule has 1 aliphatic heterocycles. The predicted molar refractivity (Wildman–Crippen MR) is 110 cm³/mol. The fourth-order valence-corrected chi connectivity index (χ4v) is 3.67. The van der Waals surface area contributed by atoms with Gasteiger partial charge in [0.25, 0.3) is 0 Å². The van der Waals surface area contributed by atoms with Crippen LogP contribution in [-0.2, 0) is 11.3 Å². The van der Waals surface area contributed by atoms with Crippen LogP contribution in [0.15, 0.2) is 40.9 Å². The van der Waals surface area contributed by atoms with Gasteiger partial charge in [-0.05, 0) is 41.1 Å². The fourth-order valence-electron chi connectivity index (χ4n) is 2.81. The van der Waals surface area contributed by atoms with E-state index in [4.69, 9.17) is 26.4 Å². The van der Waals surface area contributed by atoms with Gasteiger partial charge in [0.2, 0.25) is 0 Å². The van der Waals surface area contributed by atoms with Crippen molar-refractivity contribution in [3.63, 3.8) is 0 Å². The molecule has 1 fully saturated rings. The Hall–Kier alpha value is -1.70. The summed E-state index contributed by atoms with van der Waals surface area (Å²) in [6.07, 6.45) is 0. The van der Waals surface area contributed by atoms with Crippen molar-refractivity contribution in [3.05, 3.63) is 57.8 Å². The molecule has 27 heavy (non-hydrogen) atoms. The van der Waals surface area contributed by atoms with Crippen molar-refractivity contribution in [3.8, 4) is 11.5 Å². The van der Waals surface area contributed by atoms with Crippen LogP contribution in [0.1, 0.15) is 18.1 Å². The van der Waals surface area contributed by atoms with Crippen LogP contribution < -0.4 is 9.47 Å². The van der Waals surface area contributed by atoms with Gasteiger partial charge < -0.3 is 19.1 Å². The zero-order chi connectivity index (χ0) is 19.2. The van der Waals surface area contributed by atoms with Crippen molar-refractivity contribution >= 4 is 33.1 Å². The maximum absolute atomic E-state index is 13.9. The Morgan fingerprint density at radius 3 is 2.67 bits per heavy atom. The van der Waals surface area contributed by atoms with Gasteiger partial charge in [-0.3, -0.25) is 0 Å². The molecule has 2 aromatic carbocycles. The summed E-state index contributed by atoms with van der Waals surface area (Å²) in [5.41, 5.74) is 1.36. The zero-order valence-corrected chi connectivity index (χ0v) is 17.4. The van der Waals surface area contributed by atoms with Gasteiger partial charge in [0, 0.05) is 24.2 Å². The van der Waals surface area contributed by atoms with E-state index in [-0.39, 0.29) is 12.4 Å². The summed E-state index contributed by atoms with van der Waals surface area (Å²) in [5.74, 6) is 0.819. The molecule has 7 heteroatoms. The summed E-state index contributed by atoms with van der Waals surface area (Å²) in [7, 11) is 0. The first-order valence-corrected chi connectivity index (χ1v) is 10.00. The van der Waals surface area contributed by atoms with Crippen LogP contribution in [0.5, 0.6) is 11.5 Å². The van der Waals surface area contributed by atoms with E-state index >= 15 is 0 Å². The second kappa shape index (κ2) is 9.48. The molecule has 0 N–H and O–H groups in total. The Kier molecular flexibility index (Phi) is 7.04. The van der Waals surface area contributed by atoms with Crippen LogP contribution in [0.3, 0.4) is 0 Å². The fraction of sp³-hybridized carbons (Fsp3) is 0.350. The minimum Gasteiger partial charge on any atom is -0.490 e. The first kappa shape index (κ1) is 20.0. The number of benzene rings is 2. The van der Waals surface area contributed by atoms with E-state index < -0.39 is 0 Å². The van der Waals surface area contributed by atoms with Gasteiger partial charge in [0.1, 0.15) is 17.4 Å². The Balaban J connectivity index is 1.83. The van der Waals surface area contributed by atoms with E-state index in [1.807, 2.05) is 19.1 Å². The van der Waals surface area contributed by atoms with Gasteiger partial charge in [0.05, 0.1) is 24.3 Å². The Morgan fingerprint density at radius 2 is 1.96 bits per heavy atom. The van der Waals surface area contributed by atoms with E-state index in [0.29, 0.717) is 36.9 Å². The Morgan fingerprint density at radius 1 is 1.22 bits per heavy atom. The van der Waals surface area contributed by atoms with Crippen molar-refractivity contribution < 1.29 is 18.6 Å². The maximum atomic E-state index is 13.9. The topological polar surface area (TPSA) is 30.9 Å². The summed E-state index contributed by atoms with van der Waals surface area (Å²) in [4.78, 5) is 2.87. The van der Waals surface area contributed by atoms with Gasteiger partial charge >= 0.3 is 0 Å². The smallest absolute Gasteiger partial charge is 0.175 e. The third-order valence-electron chi connectivity index (χ3n) is 4.18. The second-order valence-corrected chi connectivity index (χ2v) is 7.24. The third kappa shape index (κ3) is 4.97. The average molecular weight is 454 g/mol. The minimum absolute atomic E-state index is 0.110. The first-order chi connectivity index (χ1) is 13.1. The Bertz CT molecular complexity index is 812.